The Morgan fingerprint density at radius 1 is 1.05 bits per heavy atom. The van der Waals surface area contributed by atoms with Gasteiger partial charge in [0, 0.05) is 6.04 Å². The van der Waals surface area contributed by atoms with Gasteiger partial charge in [-0.1, -0.05) is 30.3 Å². The summed E-state index contributed by atoms with van der Waals surface area (Å²) in [5, 5.41) is 0. The zero-order valence-corrected chi connectivity index (χ0v) is 12.1. The summed E-state index contributed by atoms with van der Waals surface area (Å²) in [6.07, 6.45) is 0. The number of benzene rings is 2. The zero-order chi connectivity index (χ0) is 13.0. The third kappa shape index (κ3) is 3.98. The molecule has 0 aliphatic carbocycles. The van der Waals surface area contributed by atoms with Crippen molar-refractivity contribution in [3.63, 3.8) is 0 Å². The van der Waals surface area contributed by atoms with Crippen molar-refractivity contribution in [2.75, 3.05) is 6.61 Å². The molecule has 102 valence electrons. The van der Waals surface area contributed by atoms with Gasteiger partial charge in [0.2, 0.25) is 0 Å². The predicted molar refractivity (Wildman–Crippen MR) is 82.9 cm³/mol. The number of rotatable bonds is 4. The maximum absolute atomic E-state index is 5.91. The van der Waals surface area contributed by atoms with Gasteiger partial charge in [0.25, 0.3) is 0 Å². The second-order valence-corrected chi connectivity index (χ2v) is 4.37. The minimum atomic E-state index is 0. The largest absolute Gasteiger partial charge is 0.494 e. The lowest BCUT2D eigenvalue weighted by molar-refractivity contribution is 0.340. The van der Waals surface area contributed by atoms with E-state index in [0.717, 1.165) is 16.9 Å². The molecule has 0 unspecified atom stereocenters. The molecule has 2 rings (SSSR count). The van der Waals surface area contributed by atoms with E-state index in [0.29, 0.717) is 6.61 Å². The first-order valence-electron chi connectivity index (χ1n) is 6.29. The Kier molecular flexibility index (Phi) is 5.87. The Bertz CT molecular complexity index is 526. The van der Waals surface area contributed by atoms with Crippen molar-refractivity contribution >= 4 is 12.4 Å². The molecule has 0 saturated heterocycles. The first-order valence-corrected chi connectivity index (χ1v) is 6.29. The van der Waals surface area contributed by atoms with E-state index in [2.05, 4.69) is 30.3 Å². The third-order valence-corrected chi connectivity index (χ3v) is 2.89. The van der Waals surface area contributed by atoms with Crippen molar-refractivity contribution in [3.8, 4) is 16.9 Å². The van der Waals surface area contributed by atoms with Crippen LogP contribution in [0.25, 0.3) is 11.1 Å². The van der Waals surface area contributed by atoms with Crippen molar-refractivity contribution in [2.24, 2.45) is 5.73 Å². The average Bonchev–Trinajstić information content (AvgIpc) is 2.39. The lowest BCUT2D eigenvalue weighted by Crippen LogP contribution is -2.04. The summed E-state index contributed by atoms with van der Waals surface area (Å²) < 4.78 is 5.52. The Balaban J connectivity index is 0.00000180. The normalized spacial score (nSPS) is 11.5. The molecule has 0 spiro atoms. The average molecular weight is 278 g/mol. The molecule has 2 N–H and O–H groups in total. The van der Waals surface area contributed by atoms with Crippen LogP contribution in [0, 0.1) is 0 Å². The van der Waals surface area contributed by atoms with Crippen LogP contribution in [0.1, 0.15) is 25.5 Å². The van der Waals surface area contributed by atoms with Crippen LogP contribution in [0.2, 0.25) is 0 Å². The van der Waals surface area contributed by atoms with Gasteiger partial charge in [0.05, 0.1) is 6.61 Å². The van der Waals surface area contributed by atoms with Gasteiger partial charge >= 0.3 is 0 Å². The summed E-state index contributed by atoms with van der Waals surface area (Å²) in [5.41, 5.74) is 9.39. The van der Waals surface area contributed by atoms with E-state index in [1.165, 1.54) is 5.56 Å². The van der Waals surface area contributed by atoms with Gasteiger partial charge in [-0.3, -0.25) is 0 Å². The number of nitrogens with two attached hydrogens (primary N) is 1. The van der Waals surface area contributed by atoms with Gasteiger partial charge in [-0.05, 0) is 48.7 Å². The third-order valence-electron chi connectivity index (χ3n) is 2.89. The molecule has 0 aliphatic heterocycles. The van der Waals surface area contributed by atoms with Crippen molar-refractivity contribution in [2.45, 2.75) is 19.9 Å². The van der Waals surface area contributed by atoms with Crippen molar-refractivity contribution < 1.29 is 4.74 Å². The predicted octanol–water partition coefficient (Wildman–Crippen LogP) is 4.19. The van der Waals surface area contributed by atoms with Crippen LogP contribution < -0.4 is 10.5 Å². The van der Waals surface area contributed by atoms with E-state index in [9.17, 15) is 0 Å². The highest BCUT2D eigenvalue weighted by molar-refractivity contribution is 5.85. The standard InChI is InChI=1S/C16H19NO.ClH/c1-3-18-16-9-5-8-15(11-16)14-7-4-6-13(10-14)12(2)17;/h4-12H,3,17H2,1-2H3;1H/t12-;/m1./s1. The van der Waals surface area contributed by atoms with Gasteiger partial charge in [0.15, 0.2) is 0 Å². The lowest BCUT2D eigenvalue weighted by Gasteiger charge is -2.10. The zero-order valence-electron chi connectivity index (χ0n) is 11.3. The van der Waals surface area contributed by atoms with Gasteiger partial charge in [0.1, 0.15) is 5.75 Å². The highest BCUT2D eigenvalue weighted by atomic mass is 35.5. The van der Waals surface area contributed by atoms with Crippen LogP contribution in [0.15, 0.2) is 48.5 Å². The van der Waals surface area contributed by atoms with Gasteiger partial charge in [-0.15, -0.1) is 12.4 Å². The molecule has 0 radical (unpaired) electrons. The van der Waals surface area contributed by atoms with Crippen molar-refractivity contribution in [1.29, 1.82) is 0 Å². The Hall–Kier alpha value is -1.51. The number of halogens is 1. The summed E-state index contributed by atoms with van der Waals surface area (Å²) in [6, 6.07) is 16.5. The van der Waals surface area contributed by atoms with E-state index in [1.54, 1.807) is 0 Å². The first-order chi connectivity index (χ1) is 8.70. The molecule has 0 aliphatic rings. The molecule has 0 saturated carbocycles. The molecule has 2 aromatic carbocycles. The summed E-state index contributed by atoms with van der Waals surface area (Å²) in [5.74, 6) is 0.904. The quantitative estimate of drug-likeness (QED) is 0.909. The summed E-state index contributed by atoms with van der Waals surface area (Å²) in [6.45, 7) is 4.67. The minimum Gasteiger partial charge on any atom is -0.494 e. The Morgan fingerprint density at radius 3 is 2.32 bits per heavy atom. The van der Waals surface area contributed by atoms with Crippen LogP contribution in [-0.4, -0.2) is 6.61 Å². The maximum atomic E-state index is 5.91. The van der Waals surface area contributed by atoms with Crippen molar-refractivity contribution in [3.05, 3.63) is 54.1 Å². The molecule has 0 heterocycles. The molecule has 3 heteroatoms. The molecule has 0 amide bonds. The van der Waals surface area contributed by atoms with Gasteiger partial charge < -0.3 is 10.5 Å². The summed E-state index contributed by atoms with van der Waals surface area (Å²) in [7, 11) is 0. The number of hydrogen-bond donors (Lipinski definition) is 1. The van der Waals surface area contributed by atoms with Crippen molar-refractivity contribution in [1.82, 2.24) is 0 Å². The number of ether oxygens (including phenoxy) is 1. The second-order valence-electron chi connectivity index (χ2n) is 4.37. The first kappa shape index (κ1) is 15.5. The molecule has 0 fully saturated rings. The van der Waals surface area contributed by atoms with E-state index < -0.39 is 0 Å². The highest BCUT2D eigenvalue weighted by Gasteiger charge is 2.03. The van der Waals surface area contributed by atoms with E-state index in [1.807, 2.05) is 32.0 Å². The van der Waals surface area contributed by atoms with E-state index in [4.69, 9.17) is 10.5 Å². The van der Waals surface area contributed by atoms with E-state index in [-0.39, 0.29) is 18.4 Å². The maximum Gasteiger partial charge on any atom is 0.119 e. The molecule has 2 nitrogen and oxygen atoms in total. The molecule has 19 heavy (non-hydrogen) atoms. The molecule has 1 atom stereocenters. The number of hydrogen-bond acceptors (Lipinski definition) is 2. The smallest absolute Gasteiger partial charge is 0.119 e. The topological polar surface area (TPSA) is 35.2 Å². The van der Waals surface area contributed by atoms with Crippen LogP contribution in [-0.2, 0) is 0 Å². The highest BCUT2D eigenvalue weighted by Crippen LogP contribution is 2.25. The molecule has 2 aromatic rings. The summed E-state index contributed by atoms with van der Waals surface area (Å²) in [4.78, 5) is 0. The SMILES string of the molecule is CCOc1cccc(-c2cccc([C@@H](C)N)c2)c1.Cl. The van der Waals surface area contributed by atoms with Crippen LogP contribution in [0.4, 0.5) is 0 Å². The monoisotopic (exact) mass is 277 g/mol. The van der Waals surface area contributed by atoms with Crippen LogP contribution in [0.3, 0.4) is 0 Å². The fraction of sp³-hybridized carbons (Fsp3) is 0.250. The Labute approximate surface area is 121 Å². The molecular formula is C16H20ClNO. The summed E-state index contributed by atoms with van der Waals surface area (Å²) >= 11 is 0. The fourth-order valence-corrected chi connectivity index (χ4v) is 1.93. The fourth-order valence-electron chi connectivity index (χ4n) is 1.93. The van der Waals surface area contributed by atoms with E-state index >= 15 is 0 Å². The van der Waals surface area contributed by atoms with Gasteiger partial charge in [-0.2, -0.15) is 0 Å². The lowest BCUT2D eigenvalue weighted by atomic mass is 10.0. The molecule has 0 bridgehead atoms. The van der Waals surface area contributed by atoms with Gasteiger partial charge in [-0.25, -0.2) is 0 Å². The Morgan fingerprint density at radius 2 is 1.68 bits per heavy atom. The minimum absolute atomic E-state index is 0. The van der Waals surface area contributed by atoms with Crippen LogP contribution in [0.5, 0.6) is 5.75 Å². The molecule has 0 aromatic heterocycles. The van der Waals surface area contributed by atoms with Crippen LogP contribution >= 0.6 is 12.4 Å². The molecular weight excluding hydrogens is 258 g/mol. The second kappa shape index (κ2) is 7.17.